The number of aryl methyl sites for hydroxylation is 2. The highest BCUT2D eigenvalue weighted by Crippen LogP contribution is 2.15. The van der Waals surface area contributed by atoms with Crippen molar-refractivity contribution in [1.82, 2.24) is 15.1 Å². The number of nitrogens with zero attached hydrogens (tertiary/aromatic N) is 2. The predicted molar refractivity (Wildman–Crippen MR) is 68.7 cm³/mol. The van der Waals surface area contributed by atoms with Crippen LogP contribution in [0.25, 0.3) is 0 Å². The average molecular weight is 263 g/mol. The third-order valence-corrected chi connectivity index (χ3v) is 3.46. The molecule has 2 rings (SSSR count). The molecule has 2 heterocycles. The number of aliphatic carboxylic acids is 1. The van der Waals surface area contributed by atoms with Crippen LogP contribution in [0.4, 0.5) is 0 Å². The third-order valence-electron chi connectivity index (χ3n) is 3.46. The Labute approximate surface area is 111 Å². The number of rotatable bonds is 4. The number of aromatic amines is 1. The van der Waals surface area contributed by atoms with E-state index in [-0.39, 0.29) is 12.3 Å². The van der Waals surface area contributed by atoms with E-state index in [2.05, 4.69) is 10.2 Å². The lowest BCUT2D eigenvalue weighted by Gasteiger charge is -2.21. The summed E-state index contributed by atoms with van der Waals surface area (Å²) in [6.45, 7) is 4.25. The van der Waals surface area contributed by atoms with Crippen LogP contribution in [-0.2, 0) is 16.0 Å². The summed E-state index contributed by atoms with van der Waals surface area (Å²) in [4.78, 5) is 24.4. The molecule has 1 aliphatic rings. The second-order valence-corrected chi connectivity index (χ2v) is 4.68. The van der Waals surface area contributed by atoms with Gasteiger partial charge >= 0.3 is 5.97 Å². The predicted octanol–water partition coefficient (Wildman–Crippen LogP) is 0.811. The first-order chi connectivity index (χ1) is 9.00. The fraction of sp³-hybridized carbons (Fsp3) is 0.462. The minimum Gasteiger partial charge on any atom is -0.479 e. The smallest absolute Gasteiger partial charge is 0.330 e. The van der Waals surface area contributed by atoms with Crippen molar-refractivity contribution in [2.45, 2.75) is 32.7 Å². The summed E-state index contributed by atoms with van der Waals surface area (Å²) in [5, 5.41) is 16.0. The van der Waals surface area contributed by atoms with E-state index in [4.69, 9.17) is 5.11 Å². The first kappa shape index (κ1) is 13.3. The molecule has 19 heavy (non-hydrogen) atoms. The largest absolute Gasteiger partial charge is 0.479 e. The molecule has 0 radical (unpaired) electrons. The van der Waals surface area contributed by atoms with E-state index in [1.807, 2.05) is 13.8 Å². The fourth-order valence-electron chi connectivity index (χ4n) is 2.14. The first-order valence-corrected chi connectivity index (χ1v) is 6.20. The Morgan fingerprint density at radius 2 is 2.26 bits per heavy atom. The Morgan fingerprint density at radius 3 is 2.84 bits per heavy atom. The highest BCUT2D eigenvalue weighted by Gasteiger charge is 2.29. The summed E-state index contributed by atoms with van der Waals surface area (Å²) < 4.78 is 0. The lowest BCUT2D eigenvalue weighted by molar-refractivity contribution is -0.146. The maximum absolute atomic E-state index is 12.0. The maximum atomic E-state index is 12.0. The van der Waals surface area contributed by atoms with E-state index < -0.39 is 12.0 Å². The quantitative estimate of drug-likeness (QED) is 0.787. The number of amides is 1. The zero-order valence-electron chi connectivity index (χ0n) is 11.0. The Balaban J connectivity index is 1.95. The van der Waals surface area contributed by atoms with E-state index in [1.165, 1.54) is 4.90 Å². The van der Waals surface area contributed by atoms with E-state index in [0.717, 1.165) is 17.0 Å². The van der Waals surface area contributed by atoms with Gasteiger partial charge in [-0.05, 0) is 19.4 Å². The fourth-order valence-corrected chi connectivity index (χ4v) is 2.14. The Bertz CT molecular complexity index is 533. The molecule has 6 nitrogen and oxygen atoms in total. The number of H-pyrrole nitrogens is 1. The van der Waals surface area contributed by atoms with Gasteiger partial charge in [0.2, 0.25) is 5.91 Å². The minimum atomic E-state index is -0.992. The molecular formula is C13H17N3O3. The zero-order chi connectivity index (χ0) is 14.0. The summed E-state index contributed by atoms with van der Waals surface area (Å²) in [7, 11) is 0. The van der Waals surface area contributed by atoms with Gasteiger partial charge < -0.3 is 10.0 Å². The van der Waals surface area contributed by atoms with Crippen molar-refractivity contribution in [3.05, 3.63) is 29.1 Å². The summed E-state index contributed by atoms with van der Waals surface area (Å²) in [6.07, 6.45) is 4.05. The number of hydrogen-bond acceptors (Lipinski definition) is 3. The van der Waals surface area contributed by atoms with Crippen LogP contribution in [0.2, 0.25) is 0 Å². The highest BCUT2D eigenvalue weighted by atomic mass is 16.4. The second-order valence-electron chi connectivity index (χ2n) is 4.68. The second kappa shape index (κ2) is 5.26. The standard InChI is InChI=1S/C13H17N3O3/c1-8-9(2)14-15-10(8)5-6-12(17)16-7-3-4-11(16)13(18)19/h3-4,11H,5-7H2,1-2H3,(H,14,15)(H,18,19). The van der Waals surface area contributed by atoms with Gasteiger partial charge in [0.15, 0.2) is 0 Å². The molecule has 1 aromatic heterocycles. The number of carboxylic acid groups (broad SMARTS) is 1. The van der Waals surface area contributed by atoms with Gasteiger partial charge in [0.05, 0.1) is 5.69 Å². The van der Waals surface area contributed by atoms with Gasteiger partial charge in [0, 0.05) is 25.1 Å². The van der Waals surface area contributed by atoms with Gasteiger partial charge in [0.25, 0.3) is 0 Å². The lowest BCUT2D eigenvalue weighted by Crippen LogP contribution is -2.40. The number of hydrogen-bond donors (Lipinski definition) is 2. The zero-order valence-corrected chi connectivity index (χ0v) is 11.0. The number of nitrogens with one attached hydrogen (secondary N) is 1. The molecule has 0 bridgehead atoms. The molecule has 102 valence electrons. The molecule has 1 unspecified atom stereocenters. The van der Waals surface area contributed by atoms with Gasteiger partial charge in [-0.3, -0.25) is 9.89 Å². The summed E-state index contributed by atoms with van der Waals surface area (Å²) >= 11 is 0. The molecule has 0 aliphatic carbocycles. The van der Waals surface area contributed by atoms with Crippen molar-refractivity contribution < 1.29 is 14.7 Å². The van der Waals surface area contributed by atoms with Crippen molar-refractivity contribution in [3.63, 3.8) is 0 Å². The molecule has 1 aliphatic heterocycles. The summed E-state index contributed by atoms with van der Waals surface area (Å²) in [6, 6.07) is -0.825. The van der Waals surface area contributed by atoms with Crippen molar-refractivity contribution in [2.24, 2.45) is 0 Å². The molecule has 1 atom stereocenters. The Hall–Kier alpha value is -2.11. The topological polar surface area (TPSA) is 86.3 Å². The Morgan fingerprint density at radius 1 is 1.53 bits per heavy atom. The summed E-state index contributed by atoms with van der Waals surface area (Å²) in [5.41, 5.74) is 2.92. The SMILES string of the molecule is Cc1[nH]nc(CCC(=O)N2CC=CC2C(=O)O)c1C. The van der Waals surface area contributed by atoms with Crippen molar-refractivity contribution in [3.8, 4) is 0 Å². The molecule has 0 saturated carbocycles. The number of carbonyl (C=O) groups is 2. The van der Waals surface area contributed by atoms with Crippen LogP contribution in [0.1, 0.15) is 23.4 Å². The third kappa shape index (κ3) is 2.67. The lowest BCUT2D eigenvalue weighted by atomic mass is 10.1. The Kier molecular flexibility index (Phi) is 3.69. The first-order valence-electron chi connectivity index (χ1n) is 6.20. The van der Waals surface area contributed by atoms with Crippen LogP contribution in [0, 0.1) is 13.8 Å². The molecule has 0 fully saturated rings. The average Bonchev–Trinajstić information content (AvgIpc) is 2.96. The number of aromatic nitrogens is 2. The van der Waals surface area contributed by atoms with Crippen molar-refractivity contribution in [2.75, 3.05) is 6.54 Å². The monoisotopic (exact) mass is 263 g/mol. The molecular weight excluding hydrogens is 246 g/mol. The number of carboxylic acids is 1. The maximum Gasteiger partial charge on any atom is 0.330 e. The molecule has 1 amide bonds. The molecule has 0 saturated heterocycles. The van der Waals surface area contributed by atoms with Crippen LogP contribution in [-0.4, -0.2) is 44.7 Å². The van der Waals surface area contributed by atoms with Crippen molar-refractivity contribution in [1.29, 1.82) is 0 Å². The van der Waals surface area contributed by atoms with E-state index >= 15 is 0 Å². The molecule has 6 heteroatoms. The summed E-state index contributed by atoms with van der Waals surface area (Å²) in [5.74, 6) is -1.15. The van der Waals surface area contributed by atoms with Crippen LogP contribution >= 0.6 is 0 Å². The van der Waals surface area contributed by atoms with Gasteiger partial charge in [0.1, 0.15) is 6.04 Å². The van der Waals surface area contributed by atoms with E-state index in [0.29, 0.717) is 13.0 Å². The van der Waals surface area contributed by atoms with Crippen molar-refractivity contribution >= 4 is 11.9 Å². The highest BCUT2D eigenvalue weighted by molar-refractivity contribution is 5.86. The molecule has 0 spiro atoms. The van der Waals surface area contributed by atoms with Gasteiger partial charge in [-0.25, -0.2) is 4.79 Å². The molecule has 2 N–H and O–H groups in total. The molecule has 0 aromatic carbocycles. The van der Waals surface area contributed by atoms with Crippen LogP contribution < -0.4 is 0 Å². The van der Waals surface area contributed by atoms with Gasteiger partial charge in [-0.15, -0.1) is 0 Å². The van der Waals surface area contributed by atoms with Crippen LogP contribution in [0.5, 0.6) is 0 Å². The van der Waals surface area contributed by atoms with Crippen LogP contribution in [0.3, 0.4) is 0 Å². The van der Waals surface area contributed by atoms with Gasteiger partial charge in [-0.1, -0.05) is 12.2 Å². The van der Waals surface area contributed by atoms with E-state index in [9.17, 15) is 9.59 Å². The minimum absolute atomic E-state index is 0.155. The van der Waals surface area contributed by atoms with Crippen LogP contribution in [0.15, 0.2) is 12.2 Å². The normalized spacial score (nSPS) is 18.0. The van der Waals surface area contributed by atoms with Gasteiger partial charge in [-0.2, -0.15) is 5.10 Å². The number of carbonyl (C=O) groups excluding carboxylic acids is 1. The van der Waals surface area contributed by atoms with E-state index in [1.54, 1.807) is 12.2 Å². The molecule has 1 aromatic rings.